The summed E-state index contributed by atoms with van der Waals surface area (Å²) < 4.78 is 10.5. The molecular formula is C24H27NO4. The molecule has 0 spiro atoms. The number of aliphatic hydroxyl groups is 1. The molecule has 0 saturated heterocycles. The Hall–Kier alpha value is -2.89. The van der Waals surface area contributed by atoms with E-state index in [-0.39, 0.29) is 18.3 Å². The van der Waals surface area contributed by atoms with E-state index in [2.05, 4.69) is 4.74 Å². The third kappa shape index (κ3) is 5.34. The van der Waals surface area contributed by atoms with E-state index in [1.54, 1.807) is 0 Å². The Morgan fingerprint density at radius 3 is 2.41 bits per heavy atom. The van der Waals surface area contributed by atoms with Crippen LogP contribution in [-0.4, -0.2) is 30.8 Å². The minimum atomic E-state index is -0.777. The van der Waals surface area contributed by atoms with Crippen LogP contribution in [0.3, 0.4) is 0 Å². The molecule has 5 heteroatoms. The van der Waals surface area contributed by atoms with Gasteiger partial charge in [0.15, 0.2) is 0 Å². The van der Waals surface area contributed by atoms with Crippen LogP contribution in [0.15, 0.2) is 66.7 Å². The van der Waals surface area contributed by atoms with Crippen LogP contribution in [0, 0.1) is 5.92 Å². The van der Waals surface area contributed by atoms with E-state index < -0.39 is 12.1 Å². The summed E-state index contributed by atoms with van der Waals surface area (Å²) in [5.74, 6) is 0.352. The highest BCUT2D eigenvalue weighted by molar-refractivity contribution is 5.83. The van der Waals surface area contributed by atoms with Crippen molar-refractivity contribution in [2.24, 2.45) is 11.7 Å². The van der Waals surface area contributed by atoms with Crippen LogP contribution in [0.1, 0.15) is 24.2 Å². The average molecular weight is 393 g/mol. The maximum Gasteiger partial charge on any atom is 0.309 e. The fourth-order valence-electron chi connectivity index (χ4n) is 3.21. The zero-order valence-corrected chi connectivity index (χ0v) is 16.7. The zero-order valence-electron chi connectivity index (χ0n) is 16.7. The van der Waals surface area contributed by atoms with Gasteiger partial charge in [-0.05, 0) is 40.1 Å². The van der Waals surface area contributed by atoms with Gasteiger partial charge in [0.05, 0.1) is 26.2 Å². The van der Waals surface area contributed by atoms with Gasteiger partial charge < -0.3 is 20.3 Å². The molecule has 0 aliphatic heterocycles. The smallest absolute Gasteiger partial charge is 0.309 e. The number of benzene rings is 3. The van der Waals surface area contributed by atoms with Crippen LogP contribution in [0.2, 0.25) is 0 Å². The van der Waals surface area contributed by atoms with E-state index in [9.17, 15) is 9.90 Å². The van der Waals surface area contributed by atoms with E-state index in [1.165, 1.54) is 7.11 Å². The highest BCUT2D eigenvalue weighted by Crippen LogP contribution is 2.25. The van der Waals surface area contributed by atoms with Gasteiger partial charge in [0.2, 0.25) is 0 Å². The maximum atomic E-state index is 11.3. The van der Waals surface area contributed by atoms with Crippen molar-refractivity contribution in [1.29, 1.82) is 0 Å². The number of carbonyl (C=O) groups is 1. The van der Waals surface area contributed by atoms with Gasteiger partial charge in [-0.2, -0.15) is 0 Å². The lowest BCUT2D eigenvalue weighted by Crippen LogP contribution is -2.37. The van der Waals surface area contributed by atoms with Gasteiger partial charge in [-0.25, -0.2) is 0 Å². The number of nitrogens with two attached hydrogens (primary N) is 1. The van der Waals surface area contributed by atoms with Crippen LogP contribution >= 0.6 is 0 Å². The zero-order chi connectivity index (χ0) is 20.8. The van der Waals surface area contributed by atoms with Gasteiger partial charge in [-0.3, -0.25) is 4.79 Å². The fraction of sp³-hybridized carbons (Fsp3) is 0.292. The molecule has 0 fully saturated rings. The number of aliphatic hydroxyl groups excluding tert-OH is 1. The average Bonchev–Trinajstić information content (AvgIpc) is 2.76. The largest absolute Gasteiger partial charge is 0.493 e. The first kappa shape index (κ1) is 20.8. The molecular weight excluding hydrogens is 366 g/mol. The van der Waals surface area contributed by atoms with Gasteiger partial charge in [-0.1, -0.05) is 55.5 Å². The first-order chi connectivity index (χ1) is 14.0. The molecule has 3 aromatic rings. The number of hydrogen-bond donors (Lipinski definition) is 2. The van der Waals surface area contributed by atoms with Crippen LogP contribution in [0.5, 0.6) is 5.75 Å². The van der Waals surface area contributed by atoms with Crippen LogP contribution < -0.4 is 10.5 Å². The SMILES string of the molecule is COC(=O)Cc1ccc(OCC(C)C(N)C(O)c2ccc3ccccc3c2)cc1. The summed E-state index contributed by atoms with van der Waals surface area (Å²) in [6.07, 6.45) is -0.545. The Bertz CT molecular complexity index is 955. The topological polar surface area (TPSA) is 81.8 Å². The standard InChI is InChI=1S/C24H27NO4/c1-16(15-29-21-11-7-17(8-12-21)13-22(26)28-2)23(25)24(27)20-10-9-18-5-3-4-6-19(18)14-20/h3-12,14,16,23-24,27H,13,15,25H2,1-2H3. The third-order valence-electron chi connectivity index (χ3n) is 5.15. The normalized spacial score (nSPS) is 14.2. The molecule has 3 aromatic carbocycles. The summed E-state index contributed by atoms with van der Waals surface area (Å²) in [4.78, 5) is 11.3. The second-order valence-corrected chi connectivity index (χ2v) is 7.31. The van der Waals surface area contributed by atoms with E-state index in [1.807, 2.05) is 73.7 Å². The summed E-state index contributed by atoms with van der Waals surface area (Å²) in [5, 5.41) is 12.9. The molecule has 0 aromatic heterocycles. The minimum Gasteiger partial charge on any atom is -0.493 e. The molecule has 0 aliphatic rings. The number of carbonyl (C=O) groups excluding carboxylic acids is 1. The molecule has 0 radical (unpaired) electrons. The van der Waals surface area contributed by atoms with Gasteiger partial charge in [-0.15, -0.1) is 0 Å². The van der Waals surface area contributed by atoms with Crippen LogP contribution in [-0.2, 0) is 16.0 Å². The highest BCUT2D eigenvalue weighted by Gasteiger charge is 2.23. The van der Waals surface area contributed by atoms with Gasteiger partial charge in [0.25, 0.3) is 0 Å². The predicted octanol–water partition coefficient (Wildman–Crippen LogP) is 3.63. The van der Waals surface area contributed by atoms with Crippen LogP contribution in [0.4, 0.5) is 0 Å². The van der Waals surface area contributed by atoms with Crippen molar-refractivity contribution >= 4 is 16.7 Å². The lowest BCUT2D eigenvalue weighted by Gasteiger charge is -2.25. The molecule has 3 rings (SSSR count). The van der Waals surface area contributed by atoms with Gasteiger partial charge >= 0.3 is 5.97 Å². The van der Waals surface area contributed by atoms with E-state index in [4.69, 9.17) is 10.5 Å². The molecule has 0 saturated carbocycles. The lowest BCUT2D eigenvalue weighted by atomic mass is 9.92. The first-order valence-electron chi connectivity index (χ1n) is 9.69. The van der Waals surface area contributed by atoms with Crippen molar-refractivity contribution in [3.05, 3.63) is 77.9 Å². The second kappa shape index (κ2) is 9.54. The summed E-state index contributed by atoms with van der Waals surface area (Å²) >= 11 is 0. The summed E-state index contributed by atoms with van der Waals surface area (Å²) in [7, 11) is 1.37. The lowest BCUT2D eigenvalue weighted by molar-refractivity contribution is -0.139. The van der Waals surface area contributed by atoms with Crippen molar-refractivity contribution < 1.29 is 19.4 Å². The number of ether oxygens (including phenoxy) is 2. The monoisotopic (exact) mass is 393 g/mol. The molecule has 3 atom stereocenters. The van der Waals surface area contributed by atoms with E-state index in [0.717, 1.165) is 21.9 Å². The molecule has 0 bridgehead atoms. The second-order valence-electron chi connectivity index (χ2n) is 7.31. The maximum absolute atomic E-state index is 11.3. The van der Waals surface area contributed by atoms with E-state index >= 15 is 0 Å². The first-order valence-corrected chi connectivity index (χ1v) is 9.69. The Morgan fingerprint density at radius 2 is 1.72 bits per heavy atom. The van der Waals surface area contributed by atoms with E-state index in [0.29, 0.717) is 12.4 Å². The molecule has 3 unspecified atom stereocenters. The number of esters is 1. The van der Waals surface area contributed by atoms with Crippen molar-refractivity contribution in [3.63, 3.8) is 0 Å². The van der Waals surface area contributed by atoms with Gasteiger partial charge in [0.1, 0.15) is 5.75 Å². The van der Waals surface area contributed by atoms with Crippen molar-refractivity contribution in [2.75, 3.05) is 13.7 Å². The number of hydrogen-bond acceptors (Lipinski definition) is 5. The van der Waals surface area contributed by atoms with Crippen LogP contribution in [0.25, 0.3) is 10.8 Å². The fourth-order valence-corrected chi connectivity index (χ4v) is 3.21. The van der Waals surface area contributed by atoms with Crippen molar-refractivity contribution in [3.8, 4) is 5.75 Å². The number of methoxy groups -OCH3 is 1. The predicted molar refractivity (Wildman–Crippen MR) is 114 cm³/mol. The molecule has 0 heterocycles. The summed E-state index contributed by atoms with van der Waals surface area (Å²) in [5.41, 5.74) is 7.98. The molecule has 0 aliphatic carbocycles. The molecule has 0 amide bonds. The Kier molecular flexibility index (Phi) is 6.86. The number of fused-ring (bicyclic) bond motifs is 1. The molecule has 5 nitrogen and oxygen atoms in total. The minimum absolute atomic E-state index is 0.0637. The van der Waals surface area contributed by atoms with Crippen molar-refractivity contribution in [2.45, 2.75) is 25.5 Å². The molecule has 29 heavy (non-hydrogen) atoms. The quantitative estimate of drug-likeness (QED) is 0.571. The molecule has 152 valence electrons. The van der Waals surface area contributed by atoms with Gasteiger partial charge in [0, 0.05) is 12.0 Å². The highest BCUT2D eigenvalue weighted by atomic mass is 16.5. The molecule has 3 N–H and O–H groups in total. The Balaban J connectivity index is 1.57. The third-order valence-corrected chi connectivity index (χ3v) is 5.15. The summed E-state index contributed by atoms with van der Waals surface area (Å²) in [6, 6.07) is 20.8. The number of rotatable bonds is 8. The Labute approximate surface area is 171 Å². The summed E-state index contributed by atoms with van der Waals surface area (Å²) in [6.45, 7) is 2.34. The van der Waals surface area contributed by atoms with Crippen molar-refractivity contribution in [1.82, 2.24) is 0 Å². The Morgan fingerprint density at radius 1 is 1.03 bits per heavy atom.